The van der Waals surface area contributed by atoms with Crippen LogP contribution in [0.4, 0.5) is 5.95 Å². The summed E-state index contributed by atoms with van der Waals surface area (Å²) in [5, 5.41) is 24.4. The Hall–Kier alpha value is -2.79. The minimum absolute atomic E-state index is 0.00686. The van der Waals surface area contributed by atoms with Gasteiger partial charge in [0.05, 0.1) is 24.4 Å². The first-order chi connectivity index (χ1) is 16.9. The van der Waals surface area contributed by atoms with E-state index >= 15 is 0 Å². The number of hydrogen-bond donors (Lipinski definition) is 4. The van der Waals surface area contributed by atoms with Gasteiger partial charge in [-0.05, 0) is 46.5 Å². The van der Waals surface area contributed by atoms with Gasteiger partial charge in [0.25, 0.3) is 0 Å². The topological polar surface area (TPSA) is 137 Å². The third kappa shape index (κ3) is 5.62. The summed E-state index contributed by atoms with van der Waals surface area (Å²) in [6, 6.07) is 1.53. The maximum absolute atomic E-state index is 13.5. The molecule has 4 rings (SSSR count). The standard InChI is InChI=1S/C25H40N8O3/c1-15(35)28-18-11-16(30-24(2,3)4)7-8-19(18)32-10-9-17(22(32)36)29-23-27-14-26-21-12-20(31-33(21)23)25(5,6)13-34/h12,14,16-19,30,34H,7-11,13H2,1-6H3,(H,28,35)(H,26,27,29)/t16-,17?,18-,19+/m1/s1. The molecule has 0 radical (unpaired) electrons. The maximum Gasteiger partial charge on any atom is 0.245 e. The zero-order valence-electron chi connectivity index (χ0n) is 22.2. The van der Waals surface area contributed by atoms with Crippen molar-refractivity contribution >= 4 is 23.4 Å². The average Bonchev–Trinajstić information content (AvgIpc) is 3.38. The summed E-state index contributed by atoms with van der Waals surface area (Å²) < 4.78 is 1.59. The molecule has 0 aromatic carbocycles. The number of aromatic nitrogens is 4. The van der Waals surface area contributed by atoms with Crippen molar-refractivity contribution in [2.75, 3.05) is 18.5 Å². The Morgan fingerprint density at radius 3 is 2.58 bits per heavy atom. The molecule has 1 aliphatic carbocycles. The largest absolute Gasteiger partial charge is 0.395 e. The molecule has 2 aliphatic rings. The molecular weight excluding hydrogens is 460 g/mol. The lowest BCUT2D eigenvalue weighted by molar-refractivity contribution is -0.132. The zero-order chi connectivity index (χ0) is 26.3. The molecule has 2 aromatic heterocycles. The fourth-order valence-electron chi connectivity index (χ4n) is 5.33. The van der Waals surface area contributed by atoms with Crippen LogP contribution in [-0.4, -0.2) is 84.3 Å². The van der Waals surface area contributed by atoms with Gasteiger partial charge in [0, 0.05) is 36.5 Å². The molecular formula is C25H40N8O3. The monoisotopic (exact) mass is 500 g/mol. The van der Waals surface area contributed by atoms with Crippen LogP contribution in [0.1, 0.15) is 72.9 Å². The SMILES string of the molecule is CC(=O)N[C@@H]1C[C@H](NC(C)(C)C)CC[C@@H]1N1CCC(Nc2ncnc3cc(C(C)(C)CO)nn23)C1=O. The van der Waals surface area contributed by atoms with Crippen molar-refractivity contribution in [2.24, 2.45) is 0 Å². The molecule has 2 fully saturated rings. The Morgan fingerprint density at radius 1 is 1.17 bits per heavy atom. The number of aliphatic hydroxyl groups is 1. The van der Waals surface area contributed by atoms with E-state index in [1.807, 2.05) is 24.8 Å². The Bertz CT molecular complexity index is 1110. The van der Waals surface area contributed by atoms with Crippen LogP contribution >= 0.6 is 0 Å². The van der Waals surface area contributed by atoms with Crippen molar-refractivity contribution in [1.82, 2.24) is 35.1 Å². The third-order valence-electron chi connectivity index (χ3n) is 7.13. The van der Waals surface area contributed by atoms with E-state index in [1.165, 1.54) is 13.3 Å². The Balaban J connectivity index is 1.49. The van der Waals surface area contributed by atoms with Crippen molar-refractivity contribution in [3.8, 4) is 0 Å². The summed E-state index contributed by atoms with van der Waals surface area (Å²) in [6.07, 6.45) is 4.64. The number of nitrogens with zero attached hydrogens (tertiary/aromatic N) is 5. The highest BCUT2D eigenvalue weighted by Gasteiger charge is 2.42. The lowest BCUT2D eigenvalue weighted by Gasteiger charge is -2.43. The number of anilines is 1. The molecule has 1 unspecified atom stereocenters. The third-order valence-corrected chi connectivity index (χ3v) is 7.13. The highest BCUT2D eigenvalue weighted by molar-refractivity contribution is 5.87. The number of carbonyl (C=O) groups excluding carboxylic acids is 2. The van der Waals surface area contributed by atoms with Gasteiger partial charge in [-0.1, -0.05) is 13.8 Å². The van der Waals surface area contributed by atoms with Crippen LogP contribution in [0.5, 0.6) is 0 Å². The average molecular weight is 501 g/mol. The predicted octanol–water partition coefficient (Wildman–Crippen LogP) is 1.22. The molecule has 0 bridgehead atoms. The summed E-state index contributed by atoms with van der Waals surface area (Å²) >= 11 is 0. The molecule has 36 heavy (non-hydrogen) atoms. The number of likely N-dealkylation sites (tertiary alicyclic amines) is 1. The molecule has 1 saturated carbocycles. The van der Waals surface area contributed by atoms with Crippen molar-refractivity contribution in [2.45, 2.75) is 102 Å². The van der Waals surface area contributed by atoms with Crippen LogP contribution in [-0.2, 0) is 15.0 Å². The number of fused-ring (bicyclic) bond motifs is 1. The lowest BCUT2D eigenvalue weighted by Crippen LogP contribution is -2.59. The van der Waals surface area contributed by atoms with E-state index < -0.39 is 11.5 Å². The fraction of sp³-hybridized carbons (Fsp3) is 0.720. The van der Waals surface area contributed by atoms with Crippen LogP contribution in [0.25, 0.3) is 5.65 Å². The van der Waals surface area contributed by atoms with Crippen molar-refractivity contribution in [3.63, 3.8) is 0 Å². The highest BCUT2D eigenvalue weighted by atomic mass is 16.3. The van der Waals surface area contributed by atoms with E-state index in [1.54, 1.807) is 4.52 Å². The van der Waals surface area contributed by atoms with Crippen LogP contribution in [0.15, 0.2) is 12.4 Å². The first-order valence-electron chi connectivity index (χ1n) is 12.8. The Labute approximate surface area is 212 Å². The van der Waals surface area contributed by atoms with E-state index in [9.17, 15) is 14.7 Å². The van der Waals surface area contributed by atoms with Gasteiger partial charge in [-0.2, -0.15) is 9.61 Å². The molecule has 4 N–H and O–H groups in total. The molecule has 1 aliphatic heterocycles. The second-order valence-electron chi connectivity index (χ2n) is 11.8. The molecule has 11 nitrogen and oxygen atoms in total. The molecule has 2 aromatic rings. The first kappa shape index (κ1) is 26.3. The maximum atomic E-state index is 13.5. The number of hydrogen-bond acceptors (Lipinski definition) is 8. The van der Waals surface area contributed by atoms with Gasteiger partial charge >= 0.3 is 0 Å². The van der Waals surface area contributed by atoms with Gasteiger partial charge in [-0.25, -0.2) is 9.97 Å². The summed E-state index contributed by atoms with van der Waals surface area (Å²) in [4.78, 5) is 36.1. The van der Waals surface area contributed by atoms with Gasteiger partial charge in [-0.3, -0.25) is 9.59 Å². The predicted molar refractivity (Wildman–Crippen MR) is 137 cm³/mol. The van der Waals surface area contributed by atoms with Gasteiger partial charge in [0.2, 0.25) is 17.8 Å². The van der Waals surface area contributed by atoms with E-state index in [0.29, 0.717) is 30.3 Å². The molecule has 1 saturated heterocycles. The number of nitrogens with one attached hydrogen (secondary N) is 3. The van der Waals surface area contributed by atoms with Gasteiger partial charge in [0.15, 0.2) is 5.65 Å². The number of aliphatic hydroxyl groups excluding tert-OH is 1. The summed E-state index contributed by atoms with van der Waals surface area (Å²) in [5.74, 6) is 0.371. The molecule has 198 valence electrons. The number of rotatable bonds is 7. The van der Waals surface area contributed by atoms with Crippen LogP contribution in [0.3, 0.4) is 0 Å². The summed E-state index contributed by atoms with van der Waals surface area (Å²) in [5.41, 5.74) is 0.761. The number of amides is 2. The minimum Gasteiger partial charge on any atom is -0.395 e. The van der Waals surface area contributed by atoms with E-state index in [4.69, 9.17) is 0 Å². The van der Waals surface area contributed by atoms with Gasteiger partial charge in [-0.15, -0.1) is 0 Å². The summed E-state index contributed by atoms with van der Waals surface area (Å²) in [6.45, 7) is 12.3. The Morgan fingerprint density at radius 2 is 1.92 bits per heavy atom. The van der Waals surface area contributed by atoms with Gasteiger partial charge in [0.1, 0.15) is 12.4 Å². The normalized spacial score (nSPS) is 25.4. The van der Waals surface area contributed by atoms with Crippen LogP contribution in [0, 0.1) is 0 Å². The minimum atomic E-state index is -0.523. The van der Waals surface area contributed by atoms with Crippen molar-refractivity contribution in [3.05, 3.63) is 18.1 Å². The smallest absolute Gasteiger partial charge is 0.245 e. The summed E-state index contributed by atoms with van der Waals surface area (Å²) in [7, 11) is 0. The van der Waals surface area contributed by atoms with Crippen LogP contribution in [0.2, 0.25) is 0 Å². The number of carbonyl (C=O) groups is 2. The second kappa shape index (κ2) is 9.93. The van der Waals surface area contributed by atoms with E-state index in [2.05, 4.69) is 51.8 Å². The van der Waals surface area contributed by atoms with Gasteiger partial charge < -0.3 is 26.0 Å². The fourth-order valence-corrected chi connectivity index (χ4v) is 5.33. The molecule has 0 spiro atoms. The van der Waals surface area contributed by atoms with E-state index in [-0.39, 0.29) is 42.1 Å². The van der Waals surface area contributed by atoms with E-state index in [0.717, 1.165) is 19.3 Å². The molecule has 4 atom stereocenters. The molecule has 11 heteroatoms. The molecule has 3 heterocycles. The molecule has 2 amide bonds. The quantitative estimate of drug-likeness (QED) is 0.445. The lowest BCUT2D eigenvalue weighted by atomic mass is 9.84. The highest BCUT2D eigenvalue weighted by Crippen LogP contribution is 2.30. The Kier molecular flexibility index (Phi) is 7.25. The second-order valence-corrected chi connectivity index (χ2v) is 11.8. The van der Waals surface area contributed by atoms with Crippen molar-refractivity contribution < 1.29 is 14.7 Å². The first-order valence-corrected chi connectivity index (χ1v) is 12.8. The van der Waals surface area contributed by atoms with Crippen molar-refractivity contribution in [1.29, 1.82) is 0 Å². The van der Waals surface area contributed by atoms with Crippen LogP contribution < -0.4 is 16.0 Å². The zero-order valence-corrected chi connectivity index (χ0v) is 22.2.